The van der Waals surface area contributed by atoms with Crippen LogP contribution in [0.2, 0.25) is 0 Å². The Morgan fingerprint density at radius 3 is 2.50 bits per heavy atom. The van der Waals surface area contributed by atoms with Gasteiger partial charge in [0.1, 0.15) is 0 Å². The first-order chi connectivity index (χ1) is 6.56. The summed E-state index contributed by atoms with van der Waals surface area (Å²) in [5.41, 5.74) is 0. The van der Waals surface area contributed by atoms with Gasteiger partial charge in [-0.15, -0.1) is 0 Å². The zero-order chi connectivity index (χ0) is 10.6. The molecule has 4 nitrogen and oxygen atoms in total. The van der Waals surface area contributed by atoms with Crippen molar-refractivity contribution in [2.75, 3.05) is 18.8 Å². The number of rotatable bonds is 3. The molecule has 0 saturated carbocycles. The van der Waals surface area contributed by atoms with E-state index in [4.69, 9.17) is 0 Å². The maximum Gasteiger partial charge on any atom is 0.217 e. The number of allylic oxidation sites excluding steroid dienone is 1. The van der Waals surface area contributed by atoms with Gasteiger partial charge in [0.25, 0.3) is 0 Å². The van der Waals surface area contributed by atoms with E-state index >= 15 is 0 Å². The van der Waals surface area contributed by atoms with Gasteiger partial charge in [-0.05, 0) is 19.8 Å². The van der Waals surface area contributed by atoms with Crippen LogP contribution in [0.5, 0.6) is 0 Å². The van der Waals surface area contributed by atoms with Crippen LogP contribution in [0.15, 0.2) is 12.2 Å². The second-order valence-electron chi connectivity index (χ2n) is 3.48. The van der Waals surface area contributed by atoms with Crippen molar-refractivity contribution >= 4 is 10.0 Å². The summed E-state index contributed by atoms with van der Waals surface area (Å²) in [6.07, 6.45) is 4.14. The van der Waals surface area contributed by atoms with E-state index in [1.165, 1.54) is 4.31 Å². The van der Waals surface area contributed by atoms with Crippen LogP contribution >= 0.6 is 0 Å². The SMILES string of the molecule is C/C=C\CS(=O)(=O)N1CCC(O)CC1. The number of aliphatic hydroxyl groups excluding tert-OH is 1. The highest BCUT2D eigenvalue weighted by molar-refractivity contribution is 7.89. The van der Waals surface area contributed by atoms with Gasteiger partial charge in [0.2, 0.25) is 10.0 Å². The van der Waals surface area contributed by atoms with Crippen molar-refractivity contribution in [1.29, 1.82) is 0 Å². The molecule has 0 aliphatic carbocycles. The molecular weight excluding hydrogens is 202 g/mol. The van der Waals surface area contributed by atoms with Crippen LogP contribution in [0.25, 0.3) is 0 Å². The second-order valence-corrected chi connectivity index (χ2v) is 5.49. The molecule has 5 heteroatoms. The summed E-state index contributed by atoms with van der Waals surface area (Å²) in [5.74, 6) is 0.0690. The van der Waals surface area contributed by atoms with Gasteiger partial charge in [0, 0.05) is 13.1 Å². The van der Waals surface area contributed by atoms with Crippen molar-refractivity contribution in [1.82, 2.24) is 4.31 Å². The zero-order valence-corrected chi connectivity index (χ0v) is 9.20. The zero-order valence-electron chi connectivity index (χ0n) is 8.39. The minimum atomic E-state index is -3.13. The molecule has 1 N–H and O–H groups in total. The molecule has 1 aliphatic heterocycles. The predicted octanol–water partition coefficient (Wildman–Crippen LogP) is 0.349. The van der Waals surface area contributed by atoms with Crippen LogP contribution in [0, 0.1) is 0 Å². The maximum absolute atomic E-state index is 11.6. The van der Waals surface area contributed by atoms with E-state index in [0.29, 0.717) is 25.9 Å². The highest BCUT2D eigenvalue weighted by Gasteiger charge is 2.25. The topological polar surface area (TPSA) is 57.6 Å². The van der Waals surface area contributed by atoms with E-state index in [1.807, 2.05) is 0 Å². The molecule has 0 unspecified atom stereocenters. The standard InChI is InChI=1S/C9H17NO3S/c1-2-3-8-14(12,13)10-6-4-9(11)5-7-10/h2-3,9,11H,4-8H2,1H3/b3-2-. The summed E-state index contributed by atoms with van der Waals surface area (Å²) in [6, 6.07) is 0. The van der Waals surface area contributed by atoms with Gasteiger partial charge in [-0.1, -0.05) is 12.2 Å². The quantitative estimate of drug-likeness (QED) is 0.697. The average molecular weight is 219 g/mol. The van der Waals surface area contributed by atoms with Crippen molar-refractivity contribution in [3.05, 3.63) is 12.2 Å². The van der Waals surface area contributed by atoms with Crippen LogP contribution < -0.4 is 0 Å². The molecular formula is C9H17NO3S. The molecule has 0 radical (unpaired) electrons. The number of hydrogen-bond donors (Lipinski definition) is 1. The fourth-order valence-electron chi connectivity index (χ4n) is 1.44. The van der Waals surface area contributed by atoms with Gasteiger partial charge in [-0.25, -0.2) is 12.7 Å². The summed E-state index contributed by atoms with van der Waals surface area (Å²) in [5, 5.41) is 9.23. The largest absolute Gasteiger partial charge is 0.393 e. The van der Waals surface area contributed by atoms with Crippen molar-refractivity contribution in [3.8, 4) is 0 Å². The lowest BCUT2D eigenvalue weighted by molar-refractivity contribution is 0.113. The number of hydrogen-bond acceptors (Lipinski definition) is 3. The lowest BCUT2D eigenvalue weighted by atomic mass is 10.1. The molecule has 0 atom stereocenters. The number of nitrogens with zero attached hydrogens (tertiary/aromatic N) is 1. The Labute approximate surface area is 85.3 Å². The molecule has 1 fully saturated rings. The molecule has 0 aromatic carbocycles. The average Bonchev–Trinajstić information content (AvgIpc) is 2.16. The Balaban J connectivity index is 2.56. The van der Waals surface area contributed by atoms with Gasteiger partial charge in [0.15, 0.2) is 0 Å². The molecule has 14 heavy (non-hydrogen) atoms. The van der Waals surface area contributed by atoms with Crippen LogP contribution in [0.3, 0.4) is 0 Å². The molecule has 0 aromatic rings. The predicted molar refractivity (Wildman–Crippen MR) is 55.4 cm³/mol. The van der Waals surface area contributed by atoms with Gasteiger partial charge in [-0.2, -0.15) is 0 Å². The van der Waals surface area contributed by atoms with Gasteiger partial charge < -0.3 is 5.11 Å². The molecule has 1 saturated heterocycles. The molecule has 1 heterocycles. The third-order valence-electron chi connectivity index (χ3n) is 2.36. The fraction of sp³-hybridized carbons (Fsp3) is 0.778. The summed E-state index contributed by atoms with van der Waals surface area (Å²) in [7, 11) is -3.13. The lowest BCUT2D eigenvalue weighted by Gasteiger charge is -2.28. The van der Waals surface area contributed by atoms with Crippen LogP contribution in [0.4, 0.5) is 0 Å². The first-order valence-electron chi connectivity index (χ1n) is 4.83. The third-order valence-corrected chi connectivity index (χ3v) is 4.13. The second kappa shape index (κ2) is 4.91. The molecule has 0 aromatic heterocycles. The highest BCUT2D eigenvalue weighted by Crippen LogP contribution is 2.14. The first kappa shape index (κ1) is 11.7. The summed E-state index contributed by atoms with van der Waals surface area (Å²) >= 11 is 0. The number of aliphatic hydroxyl groups is 1. The van der Waals surface area contributed by atoms with Crippen molar-refractivity contribution in [2.45, 2.75) is 25.9 Å². The van der Waals surface area contributed by atoms with Crippen LogP contribution in [0.1, 0.15) is 19.8 Å². The Morgan fingerprint density at radius 2 is 2.00 bits per heavy atom. The molecule has 0 spiro atoms. The van der Waals surface area contributed by atoms with Gasteiger partial charge in [-0.3, -0.25) is 0 Å². The Bertz CT molecular complexity index is 289. The van der Waals surface area contributed by atoms with Crippen molar-refractivity contribution in [3.63, 3.8) is 0 Å². The molecule has 0 amide bonds. The summed E-state index contributed by atoms with van der Waals surface area (Å²) in [6.45, 7) is 2.69. The van der Waals surface area contributed by atoms with E-state index in [-0.39, 0.29) is 11.9 Å². The smallest absolute Gasteiger partial charge is 0.217 e. The maximum atomic E-state index is 11.6. The van der Waals surface area contributed by atoms with Gasteiger partial charge >= 0.3 is 0 Å². The third kappa shape index (κ3) is 3.08. The molecule has 1 aliphatic rings. The number of piperidine rings is 1. The van der Waals surface area contributed by atoms with E-state index in [0.717, 1.165) is 0 Å². The lowest BCUT2D eigenvalue weighted by Crippen LogP contribution is -2.40. The summed E-state index contributed by atoms with van der Waals surface area (Å²) in [4.78, 5) is 0. The van der Waals surface area contributed by atoms with E-state index in [9.17, 15) is 13.5 Å². The van der Waals surface area contributed by atoms with E-state index < -0.39 is 10.0 Å². The molecule has 82 valence electrons. The Hall–Kier alpha value is -0.390. The monoisotopic (exact) mass is 219 g/mol. The first-order valence-corrected chi connectivity index (χ1v) is 6.44. The summed E-state index contributed by atoms with van der Waals surface area (Å²) < 4.78 is 24.7. The minimum Gasteiger partial charge on any atom is -0.393 e. The number of sulfonamides is 1. The normalized spacial score (nSPS) is 21.9. The minimum absolute atomic E-state index is 0.0690. The fourth-order valence-corrected chi connectivity index (χ4v) is 2.86. The van der Waals surface area contributed by atoms with Crippen LogP contribution in [-0.2, 0) is 10.0 Å². The molecule has 1 rings (SSSR count). The van der Waals surface area contributed by atoms with E-state index in [2.05, 4.69) is 0 Å². The van der Waals surface area contributed by atoms with Crippen LogP contribution in [-0.4, -0.2) is 42.8 Å². The Kier molecular flexibility index (Phi) is 4.10. The van der Waals surface area contributed by atoms with E-state index in [1.54, 1.807) is 19.1 Å². The van der Waals surface area contributed by atoms with Gasteiger partial charge in [0.05, 0.1) is 11.9 Å². The van der Waals surface area contributed by atoms with Crippen molar-refractivity contribution < 1.29 is 13.5 Å². The highest BCUT2D eigenvalue weighted by atomic mass is 32.2. The van der Waals surface area contributed by atoms with Crippen molar-refractivity contribution in [2.24, 2.45) is 0 Å². The molecule has 0 bridgehead atoms. The Morgan fingerprint density at radius 1 is 1.43 bits per heavy atom.